The summed E-state index contributed by atoms with van der Waals surface area (Å²) in [5, 5.41) is 4.82. The van der Waals surface area contributed by atoms with Crippen LogP contribution in [0.4, 0.5) is 0 Å². The molecule has 0 bridgehead atoms. The molecule has 7 heteroatoms. The van der Waals surface area contributed by atoms with E-state index in [4.69, 9.17) is 0 Å². The van der Waals surface area contributed by atoms with Gasteiger partial charge in [-0.25, -0.2) is 8.42 Å². The number of nitrogens with zero attached hydrogens (tertiary/aromatic N) is 1. The SMILES string of the molecule is Cc1ccc(S(=O)(=O)N2CCCCC2)cc1C(=O)NCc1cccs1. The Balaban J connectivity index is 1.81. The first-order chi connectivity index (χ1) is 12.0. The molecule has 5 nitrogen and oxygen atoms in total. The van der Waals surface area contributed by atoms with E-state index in [0.717, 1.165) is 29.7 Å². The van der Waals surface area contributed by atoms with Gasteiger partial charge in [0.2, 0.25) is 10.0 Å². The van der Waals surface area contributed by atoms with E-state index in [1.54, 1.807) is 23.5 Å². The van der Waals surface area contributed by atoms with Crippen molar-refractivity contribution in [1.82, 2.24) is 9.62 Å². The second-order valence-corrected chi connectivity index (χ2v) is 9.17. The van der Waals surface area contributed by atoms with Crippen LogP contribution in [0.3, 0.4) is 0 Å². The quantitative estimate of drug-likeness (QED) is 0.869. The van der Waals surface area contributed by atoms with Gasteiger partial charge in [-0.15, -0.1) is 11.3 Å². The summed E-state index contributed by atoms with van der Waals surface area (Å²) in [4.78, 5) is 13.8. The highest BCUT2D eigenvalue weighted by atomic mass is 32.2. The zero-order valence-corrected chi connectivity index (χ0v) is 15.8. The number of carbonyl (C=O) groups excluding carboxylic acids is 1. The lowest BCUT2D eigenvalue weighted by Gasteiger charge is -2.26. The molecule has 1 aromatic heterocycles. The third-order valence-electron chi connectivity index (χ3n) is 4.41. The van der Waals surface area contributed by atoms with E-state index in [-0.39, 0.29) is 10.8 Å². The van der Waals surface area contributed by atoms with E-state index in [1.165, 1.54) is 10.4 Å². The van der Waals surface area contributed by atoms with E-state index in [0.29, 0.717) is 25.2 Å². The lowest BCUT2D eigenvalue weighted by atomic mass is 10.1. The fraction of sp³-hybridized carbons (Fsp3) is 0.389. The molecule has 1 N–H and O–H groups in total. The minimum Gasteiger partial charge on any atom is -0.347 e. The first-order valence-electron chi connectivity index (χ1n) is 8.40. The van der Waals surface area contributed by atoms with Gasteiger partial charge in [0, 0.05) is 23.5 Å². The second-order valence-electron chi connectivity index (χ2n) is 6.20. The molecule has 0 atom stereocenters. The monoisotopic (exact) mass is 378 g/mol. The van der Waals surface area contributed by atoms with E-state index < -0.39 is 10.0 Å². The minimum atomic E-state index is -3.54. The molecule has 134 valence electrons. The summed E-state index contributed by atoms with van der Waals surface area (Å²) in [7, 11) is -3.54. The summed E-state index contributed by atoms with van der Waals surface area (Å²) in [6.07, 6.45) is 2.84. The van der Waals surface area contributed by atoms with Crippen molar-refractivity contribution >= 4 is 27.3 Å². The molecule has 25 heavy (non-hydrogen) atoms. The van der Waals surface area contributed by atoms with Crippen LogP contribution in [0.15, 0.2) is 40.6 Å². The molecule has 1 aliphatic heterocycles. The van der Waals surface area contributed by atoms with Gasteiger partial charge in [0.15, 0.2) is 0 Å². The highest BCUT2D eigenvalue weighted by Gasteiger charge is 2.27. The van der Waals surface area contributed by atoms with E-state index in [2.05, 4.69) is 5.32 Å². The molecule has 1 aliphatic rings. The average Bonchev–Trinajstić information content (AvgIpc) is 3.14. The molecule has 1 saturated heterocycles. The molecule has 0 aliphatic carbocycles. The number of hydrogen-bond donors (Lipinski definition) is 1. The van der Waals surface area contributed by atoms with E-state index in [1.807, 2.05) is 24.4 Å². The molecule has 1 aromatic carbocycles. The van der Waals surface area contributed by atoms with E-state index >= 15 is 0 Å². The molecular formula is C18H22N2O3S2. The van der Waals surface area contributed by atoms with Gasteiger partial charge in [-0.05, 0) is 48.9 Å². The molecule has 1 fully saturated rings. The fourth-order valence-corrected chi connectivity index (χ4v) is 5.12. The number of thiophene rings is 1. The van der Waals surface area contributed by atoms with Crippen molar-refractivity contribution in [2.45, 2.75) is 37.6 Å². The third kappa shape index (κ3) is 4.11. The van der Waals surface area contributed by atoms with Crippen molar-refractivity contribution in [3.8, 4) is 0 Å². The number of aryl methyl sites for hydroxylation is 1. The Morgan fingerprint density at radius 1 is 1.20 bits per heavy atom. The molecular weight excluding hydrogens is 356 g/mol. The lowest BCUT2D eigenvalue weighted by Crippen LogP contribution is -2.35. The topological polar surface area (TPSA) is 66.5 Å². The number of piperidine rings is 1. The van der Waals surface area contributed by atoms with Crippen molar-refractivity contribution in [3.05, 3.63) is 51.7 Å². The van der Waals surface area contributed by atoms with Crippen LogP contribution in [0.2, 0.25) is 0 Å². The normalized spacial score (nSPS) is 15.9. The van der Waals surface area contributed by atoms with Crippen molar-refractivity contribution in [1.29, 1.82) is 0 Å². The smallest absolute Gasteiger partial charge is 0.251 e. The maximum Gasteiger partial charge on any atom is 0.251 e. The molecule has 0 unspecified atom stereocenters. The minimum absolute atomic E-state index is 0.196. The van der Waals surface area contributed by atoms with Crippen LogP contribution in [-0.4, -0.2) is 31.7 Å². The molecule has 3 rings (SSSR count). The summed E-state index contributed by atoms with van der Waals surface area (Å²) in [5.41, 5.74) is 1.18. The summed E-state index contributed by atoms with van der Waals surface area (Å²) >= 11 is 1.57. The molecule has 0 spiro atoms. The first-order valence-corrected chi connectivity index (χ1v) is 10.7. The number of nitrogens with one attached hydrogen (secondary N) is 1. The standard InChI is InChI=1S/C18H22N2O3S2/c1-14-7-8-16(25(22,23)20-9-3-2-4-10-20)12-17(14)18(21)19-13-15-6-5-11-24-15/h5-8,11-12H,2-4,9-10,13H2,1H3,(H,19,21). The van der Waals surface area contributed by atoms with Crippen molar-refractivity contribution < 1.29 is 13.2 Å². The zero-order valence-electron chi connectivity index (χ0n) is 14.2. The van der Waals surface area contributed by atoms with Crippen molar-refractivity contribution in [3.63, 3.8) is 0 Å². The number of benzene rings is 1. The van der Waals surface area contributed by atoms with Crippen molar-refractivity contribution in [2.75, 3.05) is 13.1 Å². The van der Waals surface area contributed by atoms with Gasteiger partial charge in [0.1, 0.15) is 0 Å². The van der Waals surface area contributed by atoms with Gasteiger partial charge in [-0.1, -0.05) is 18.6 Å². The number of amides is 1. The molecule has 2 heterocycles. The largest absolute Gasteiger partial charge is 0.347 e. The first kappa shape index (κ1) is 18.1. The van der Waals surface area contributed by atoms with Crippen LogP contribution < -0.4 is 5.32 Å². The predicted molar refractivity (Wildman–Crippen MR) is 99.3 cm³/mol. The molecule has 0 radical (unpaired) electrons. The maximum atomic E-state index is 12.8. The summed E-state index contributed by atoms with van der Waals surface area (Å²) in [6, 6.07) is 8.69. The second kappa shape index (κ2) is 7.68. The number of rotatable bonds is 5. The number of carbonyl (C=O) groups is 1. The Morgan fingerprint density at radius 3 is 2.64 bits per heavy atom. The van der Waals surface area contributed by atoms with Crippen LogP contribution >= 0.6 is 11.3 Å². The van der Waals surface area contributed by atoms with Gasteiger partial charge >= 0.3 is 0 Å². The Morgan fingerprint density at radius 2 is 1.96 bits per heavy atom. The highest BCUT2D eigenvalue weighted by Crippen LogP contribution is 2.23. The zero-order chi connectivity index (χ0) is 17.9. The third-order valence-corrected chi connectivity index (χ3v) is 7.18. The maximum absolute atomic E-state index is 12.8. The van der Waals surface area contributed by atoms with Gasteiger partial charge in [0.25, 0.3) is 5.91 Å². The Labute approximate surface area is 152 Å². The van der Waals surface area contributed by atoms with E-state index in [9.17, 15) is 13.2 Å². The van der Waals surface area contributed by atoms with Gasteiger partial charge in [0.05, 0.1) is 11.4 Å². The lowest BCUT2D eigenvalue weighted by molar-refractivity contribution is 0.0950. The van der Waals surface area contributed by atoms with Gasteiger partial charge < -0.3 is 5.32 Å². The van der Waals surface area contributed by atoms with Crippen molar-refractivity contribution in [2.24, 2.45) is 0 Å². The Bertz CT molecular complexity index is 839. The van der Waals surface area contributed by atoms with Gasteiger partial charge in [-0.3, -0.25) is 4.79 Å². The van der Waals surface area contributed by atoms with Crippen LogP contribution in [0.5, 0.6) is 0 Å². The Kier molecular flexibility index (Phi) is 5.56. The fourth-order valence-electron chi connectivity index (χ4n) is 2.94. The highest BCUT2D eigenvalue weighted by molar-refractivity contribution is 7.89. The molecule has 0 saturated carbocycles. The van der Waals surface area contributed by atoms with Crippen LogP contribution in [0, 0.1) is 6.92 Å². The molecule has 2 aromatic rings. The van der Waals surface area contributed by atoms with Crippen LogP contribution in [0.1, 0.15) is 40.1 Å². The summed E-state index contributed by atoms with van der Waals surface area (Å²) < 4.78 is 27.2. The van der Waals surface area contributed by atoms with Gasteiger partial charge in [-0.2, -0.15) is 4.31 Å². The molecule has 1 amide bonds. The summed E-state index contributed by atoms with van der Waals surface area (Å²) in [6.45, 7) is 3.36. The van der Waals surface area contributed by atoms with Crippen LogP contribution in [0.25, 0.3) is 0 Å². The number of sulfonamides is 1. The average molecular weight is 379 g/mol. The summed E-state index contributed by atoms with van der Waals surface area (Å²) in [5.74, 6) is -0.249. The Hall–Kier alpha value is -1.70. The van der Waals surface area contributed by atoms with Crippen LogP contribution in [-0.2, 0) is 16.6 Å². The predicted octanol–water partition coefficient (Wildman–Crippen LogP) is 3.16. The number of hydrogen-bond acceptors (Lipinski definition) is 4.